The van der Waals surface area contributed by atoms with Crippen molar-refractivity contribution in [2.75, 3.05) is 13.1 Å². The zero-order chi connectivity index (χ0) is 13.8. The molecule has 4 N–H and O–H groups in total. The largest absolute Gasteiger partial charge is 0.369 e. The second-order valence-electron chi connectivity index (χ2n) is 4.35. The summed E-state index contributed by atoms with van der Waals surface area (Å²) in [5.41, 5.74) is 13.3. The number of rotatable bonds is 1. The van der Waals surface area contributed by atoms with Crippen LogP contribution in [0.5, 0.6) is 0 Å². The van der Waals surface area contributed by atoms with Gasteiger partial charge >= 0.3 is 0 Å². The van der Waals surface area contributed by atoms with Crippen LogP contribution in [0.4, 0.5) is 10.1 Å². The fourth-order valence-corrected chi connectivity index (χ4v) is 1.73. The number of hydrogen-bond donors (Lipinski definition) is 2. The van der Waals surface area contributed by atoms with Crippen molar-refractivity contribution < 1.29 is 4.39 Å². The van der Waals surface area contributed by atoms with Crippen LogP contribution >= 0.6 is 0 Å². The molecule has 0 bridgehead atoms. The maximum Gasteiger partial charge on any atom is 0.223 e. The molecular weight excluding hydrogens is 245 g/mol. The fraction of sp³-hybridized carbons (Fsp3) is 0.231. The highest BCUT2D eigenvalue weighted by molar-refractivity contribution is 5.94. The van der Waals surface area contributed by atoms with E-state index >= 15 is 0 Å². The number of benzene rings is 1. The Morgan fingerprint density at radius 1 is 1.26 bits per heavy atom. The molecule has 0 fully saturated rings. The highest BCUT2D eigenvalue weighted by atomic mass is 19.1. The maximum atomic E-state index is 12.7. The Hall–Kier alpha value is -2.37. The average Bonchev–Trinajstić information content (AvgIpc) is 2.79. The molecule has 0 saturated carbocycles. The molecule has 1 heterocycles. The Morgan fingerprint density at radius 3 is 2.53 bits per heavy atom. The topological polar surface area (TPSA) is 80.0 Å². The minimum Gasteiger partial charge on any atom is -0.369 e. The van der Waals surface area contributed by atoms with Crippen LogP contribution in [0.25, 0.3) is 0 Å². The van der Waals surface area contributed by atoms with Crippen LogP contribution in [0.15, 0.2) is 45.9 Å². The molecular formula is C13H16FN5. The van der Waals surface area contributed by atoms with E-state index in [1.807, 2.05) is 11.8 Å². The molecule has 2 rings (SSSR count). The van der Waals surface area contributed by atoms with Crippen molar-refractivity contribution in [1.29, 1.82) is 0 Å². The minimum atomic E-state index is -0.320. The molecule has 0 radical (unpaired) electrons. The minimum absolute atomic E-state index is 0.0497. The molecule has 1 aliphatic heterocycles. The molecule has 0 unspecified atom stereocenters. The van der Waals surface area contributed by atoms with E-state index in [2.05, 4.69) is 16.1 Å². The van der Waals surface area contributed by atoms with E-state index < -0.39 is 0 Å². The van der Waals surface area contributed by atoms with Gasteiger partial charge in [-0.3, -0.25) is 0 Å². The van der Waals surface area contributed by atoms with Crippen molar-refractivity contribution in [2.24, 2.45) is 21.5 Å². The zero-order valence-corrected chi connectivity index (χ0v) is 10.7. The summed E-state index contributed by atoms with van der Waals surface area (Å²) in [4.78, 5) is 9.97. The number of nitrogens with two attached hydrogens (primary N) is 2. The summed E-state index contributed by atoms with van der Waals surface area (Å²) in [5, 5.41) is 0. The molecule has 0 atom stereocenters. The van der Waals surface area contributed by atoms with Gasteiger partial charge < -0.3 is 16.4 Å². The first-order valence-electron chi connectivity index (χ1n) is 5.89. The molecule has 0 spiro atoms. The summed E-state index contributed by atoms with van der Waals surface area (Å²) in [6, 6.07) is 5.67. The molecule has 0 aromatic heterocycles. The molecule has 1 aromatic carbocycles. The summed E-state index contributed by atoms with van der Waals surface area (Å²) in [7, 11) is 0. The smallest absolute Gasteiger partial charge is 0.223 e. The first-order valence-corrected chi connectivity index (χ1v) is 5.89. The maximum absolute atomic E-state index is 12.7. The lowest BCUT2D eigenvalue weighted by Gasteiger charge is -2.16. The van der Waals surface area contributed by atoms with Gasteiger partial charge in [-0.05, 0) is 31.2 Å². The second kappa shape index (κ2) is 5.51. The number of aliphatic imine (C=N–C) groups is 2. The van der Waals surface area contributed by atoms with Gasteiger partial charge in [0.05, 0.1) is 5.69 Å². The van der Waals surface area contributed by atoms with Gasteiger partial charge in [-0.25, -0.2) is 9.38 Å². The number of guanidine groups is 2. The standard InChI is InChI=1S/C13H16FN5/c1-9-6-7-19(8-9)13(16)18-12(15)17-11-4-2-10(14)3-5-11/h2-6H,7-8H2,1H3,(H4,15,16,17,18). The third-order valence-electron chi connectivity index (χ3n) is 2.72. The molecule has 0 aliphatic carbocycles. The number of hydrogen-bond acceptors (Lipinski definition) is 1. The van der Waals surface area contributed by atoms with Crippen LogP contribution in [0.1, 0.15) is 6.92 Å². The van der Waals surface area contributed by atoms with E-state index in [4.69, 9.17) is 11.5 Å². The summed E-state index contributed by atoms with van der Waals surface area (Å²) in [6.07, 6.45) is 2.08. The van der Waals surface area contributed by atoms with Crippen molar-refractivity contribution in [1.82, 2.24) is 4.90 Å². The Labute approximate surface area is 111 Å². The molecule has 1 aromatic rings. The van der Waals surface area contributed by atoms with Gasteiger partial charge in [0.2, 0.25) is 5.96 Å². The van der Waals surface area contributed by atoms with Crippen molar-refractivity contribution in [2.45, 2.75) is 6.92 Å². The van der Waals surface area contributed by atoms with E-state index in [-0.39, 0.29) is 11.8 Å². The third-order valence-corrected chi connectivity index (χ3v) is 2.72. The summed E-state index contributed by atoms with van der Waals surface area (Å²) < 4.78 is 12.7. The monoisotopic (exact) mass is 261 g/mol. The SMILES string of the molecule is CC1=CCN(C(N)=NC(N)=Nc2ccc(F)cc2)C1. The molecule has 1 aliphatic rings. The summed E-state index contributed by atoms with van der Waals surface area (Å²) >= 11 is 0. The van der Waals surface area contributed by atoms with E-state index in [9.17, 15) is 4.39 Å². The predicted molar refractivity (Wildman–Crippen MR) is 74.6 cm³/mol. The van der Waals surface area contributed by atoms with Gasteiger partial charge in [-0.2, -0.15) is 4.99 Å². The lowest BCUT2D eigenvalue weighted by molar-refractivity contribution is 0.527. The Morgan fingerprint density at radius 2 is 1.95 bits per heavy atom. The molecule has 0 saturated heterocycles. The van der Waals surface area contributed by atoms with Gasteiger partial charge in [-0.15, -0.1) is 0 Å². The van der Waals surface area contributed by atoms with Crippen LogP contribution in [0.3, 0.4) is 0 Å². The van der Waals surface area contributed by atoms with E-state index in [0.29, 0.717) is 11.6 Å². The third kappa shape index (κ3) is 3.54. The first kappa shape index (κ1) is 13.1. The predicted octanol–water partition coefficient (Wildman–Crippen LogP) is 1.35. The Kier molecular flexibility index (Phi) is 3.79. The lowest BCUT2D eigenvalue weighted by Crippen LogP contribution is -2.37. The molecule has 19 heavy (non-hydrogen) atoms. The first-order chi connectivity index (χ1) is 9.04. The van der Waals surface area contributed by atoms with E-state index in [0.717, 1.165) is 13.1 Å². The molecule has 0 amide bonds. The van der Waals surface area contributed by atoms with Gasteiger partial charge in [0, 0.05) is 13.1 Å². The van der Waals surface area contributed by atoms with Crippen LogP contribution in [-0.2, 0) is 0 Å². The normalized spacial score (nSPS) is 16.7. The second-order valence-corrected chi connectivity index (χ2v) is 4.35. The van der Waals surface area contributed by atoms with Crippen LogP contribution < -0.4 is 11.5 Å². The van der Waals surface area contributed by atoms with Gasteiger partial charge in [0.25, 0.3) is 0 Å². The summed E-state index contributed by atoms with van der Waals surface area (Å²) in [5.74, 6) is 0.0595. The fourth-order valence-electron chi connectivity index (χ4n) is 1.73. The van der Waals surface area contributed by atoms with Crippen LogP contribution in [0, 0.1) is 5.82 Å². The van der Waals surface area contributed by atoms with E-state index in [1.54, 1.807) is 0 Å². The molecule has 5 nitrogen and oxygen atoms in total. The highest BCUT2D eigenvalue weighted by Crippen LogP contribution is 2.12. The van der Waals surface area contributed by atoms with Crippen LogP contribution in [-0.4, -0.2) is 29.9 Å². The Bertz CT molecular complexity index is 545. The molecule has 6 heteroatoms. The zero-order valence-electron chi connectivity index (χ0n) is 10.7. The van der Waals surface area contributed by atoms with Crippen LogP contribution in [0.2, 0.25) is 0 Å². The van der Waals surface area contributed by atoms with Gasteiger partial charge in [-0.1, -0.05) is 11.6 Å². The van der Waals surface area contributed by atoms with Gasteiger partial charge in [0.15, 0.2) is 5.96 Å². The Balaban J connectivity index is 2.07. The lowest BCUT2D eigenvalue weighted by atomic mass is 10.3. The van der Waals surface area contributed by atoms with Crippen molar-refractivity contribution in [3.8, 4) is 0 Å². The van der Waals surface area contributed by atoms with Gasteiger partial charge in [0.1, 0.15) is 5.82 Å². The number of nitrogens with zero attached hydrogens (tertiary/aromatic N) is 3. The van der Waals surface area contributed by atoms with Crippen molar-refractivity contribution in [3.05, 3.63) is 41.7 Å². The van der Waals surface area contributed by atoms with Crippen molar-refractivity contribution in [3.63, 3.8) is 0 Å². The van der Waals surface area contributed by atoms with E-state index in [1.165, 1.54) is 29.8 Å². The molecule has 100 valence electrons. The van der Waals surface area contributed by atoms with Crippen molar-refractivity contribution >= 4 is 17.6 Å². The highest BCUT2D eigenvalue weighted by Gasteiger charge is 2.13. The quantitative estimate of drug-likeness (QED) is 0.455. The average molecular weight is 261 g/mol. The summed E-state index contributed by atoms with van der Waals surface area (Å²) in [6.45, 7) is 3.51. The number of halogens is 1.